The maximum atomic E-state index is 12.5. The number of piperidine rings is 1. The first kappa shape index (κ1) is 17.9. The number of aromatic nitrogens is 2. The molecule has 2 heterocycles. The monoisotopic (exact) mass is 359 g/mol. The molecule has 0 N–H and O–H groups in total. The Balaban J connectivity index is 1.79. The van der Waals surface area contributed by atoms with Gasteiger partial charge in [-0.15, -0.1) is 5.06 Å². The van der Waals surface area contributed by atoms with Gasteiger partial charge in [0.25, 0.3) is 0 Å². The summed E-state index contributed by atoms with van der Waals surface area (Å²) in [6.07, 6.45) is 3.19. The lowest BCUT2D eigenvalue weighted by Crippen LogP contribution is -2.32. The number of nitrogens with zero attached hydrogens (tertiary/aromatic N) is 3. The molecule has 0 radical (unpaired) electrons. The van der Waals surface area contributed by atoms with Gasteiger partial charge in [0.05, 0.1) is 20.3 Å². The van der Waals surface area contributed by atoms with Crippen molar-refractivity contribution in [3.63, 3.8) is 0 Å². The van der Waals surface area contributed by atoms with E-state index in [1.807, 2.05) is 0 Å². The summed E-state index contributed by atoms with van der Waals surface area (Å²) in [6, 6.07) is 8.33. The van der Waals surface area contributed by atoms with Gasteiger partial charge in [0, 0.05) is 13.1 Å². The van der Waals surface area contributed by atoms with Gasteiger partial charge in [-0.1, -0.05) is 18.6 Å². The van der Waals surface area contributed by atoms with Crippen LogP contribution < -0.4 is 14.2 Å². The lowest BCUT2D eigenvalue weighted by molar-refractivity contribution is -0.119. The van der Waals surface area contributed by atoms with Crippen LogP contribution in [0.1, 0.15) is 29.6 Å². The fourth-order valence-electron chi connectivity index (χ4n) is 2.58. The Hall–Kier alpha value is -2.87. The number of carbonyl (C=O) groups excluding carboxylic acids is 1. The largest absolute Gasteiger partial charge is 0.481 e. The Morgan fingerprint density at radius 1 is 1.00 bits per heavy atom. The van der Waals surface area contributed by atoms with Crippen molar-refractivity contribution in [3.05, 3.63) is 35.9 Å². The van der Waals surface area contributed by atoms with Crippen LogP contribution in [0, 0.1) is 0 Å². The van der Waals surface area contributed by atoms with E-state index >= 15 is 0 Å². The van der Waals surface area contributed by atoms with Gasteiger partial charge in [0.15, 0.2) is 0 Å². The van der Waals surface area contributed by atoms with Crippen LogP contribution in [0.2, 0.25) is 0 Å². The van der Waals surface area contributed by atoms with Gasteiger partial charge in [-0.3, -0.25) is 0 Å². The molecule has 8 heteroatoms. The van der Waals surface area contributed by atoms with Crippen molar-refractivity contribution in [3.8, 4) is 23.5 Å². The first-order chi connectivity index (χ1) is 12.7. The SMILES string of the molecule is COc1cc(OC)nc(Oc2ccccc2C(=O)ON2CCCCC2)n1. The predicted molar refractivity (Wildman–Crippen MR) is 92.5 cm³/mol. The van der Waals surface area contributed by atoms with E-state index in [0.717, 1.165) is 32.4 Å². The topological polar surface area (TPSA) is 83.0 Å². The molecular formula is C18H21N3O5. The fraction of sp³-hybridized carbons (Fsp3) is 0.389. The molecule has 1 fully saturated rings. The molecule has 0 unspecified atom stereocenters. The quantitative estimate of drug-likeness (QED) is 0.779. The lowest BCUT2D eigenvalue weighted by Gasteiger charge is -2.25. The molecular weight excluding hydrogens is 338 g/mol. The van der Waals surface area contributed by atoms with E-state index < -0.39 is 5.97 Å². The third-order valence-corrected chi connectivity index (χ3v) is 3.91. The number of hydrogen-bond donors (Lipinski definition) is 0. The maximum Gasteiger partial charge on any atom is 0.360 e. The van der Waals surface area contributed by atoms with Crippen molar-refractivity contribution >= 4 is 5.97 Å². The van der Waals surface area contributed by atoms with E-state index in [2.05, 4.69) is 9.97 Å². The Morgan fingerprint density at radius 2 is 1.65 bits per heavy atom. The minimum Gasteiger partial charge on any atom is -0.481 e. The molecule has 2 aromatic rings. The van der Waals surface area contributed by atoms with Gasteiger partial charge in [-0.2, -0.15) is 9.97 Å². The number of methoxy groups -OCH3 is 2. The normalized spacial score (nSPS) is 14.5. The molecule has 1 aromatic heterocycles. The van der Waals surface area contributed by atoms with Gasteiger partial charge in [0.2, 0.25) is 11.8 Å². The van der Waals surface area contributed by atoms with Crippen LogP contribution in [-0.4, -0.2) is 48.3 Å². The second-order valence-electron chi connectivity index (χ2n) is 5.70. The molecule has 1 aromatic carbocycles. The molecule has 1 aliphatic heterocycles. The molecule has 1 saturated heterocycles. The van der Waals surface area contributed by atoms with Crippen LogP contribution in [0.15, 0.2) is 30.3 Å². The third kappa shape index (κ3) is 4.40. The summed E-state index contributed by atoms with van der Waals surface area (Å²) in [7, 11) is 2.96. The first-order valence-corrected chi connectivity index (χ1v) is 8.41. The zero-order valence-electron chi connectivity index (χ0n) is 14.8. The smallest absolute Gasteiger partial charge is 0.360 e. The van der Waals surface area contributed by atoms with E-state index in [4.69, 9.17) is 19.0 Å². The van der Waals surface area contributed by atoms with Crippen LogP contribution in [0.4, 0.5) is 0 Å². The molecule has 0 saturated carbocycles. The molecule has 138 valence electrons. The van der Waals surface area contributed by atoms with Crippen molar-refractivity contribution < 1.29 is 23.8 Å². The summed E-state index contributed by atoms with van der Waals surface area (Å²) < 4.78 is 15.9. The van der Waals surface area contributed by atoms with Gasteiger partial charge < -0.3 is 19.0 Å². The van der Waals surface area contributed by atoms with Crippen molar-refractivity contribution in [2.45, 2.75) is 19.3 Å². The number of ether oxygens (including phenoxy) is 3. The molecule has 0 atom stereocenters. The summed E-state index contributed by atoms with van der Waals surface area (Å²) in [6.45, 7) is 1.48. The lowest BCUT2D eigenvalue weighted by atomic mass is 10.2. The Kier molecular flexibility index (Phi) is 5.85. The summed E-state index contributed by atoms with van der Waals surface area (Å²) in [5.74, 6) is 0.405. The highest BCUT2D eigenvalue weighted by Gasteiger charge is 2.20. The molecule has 0 aliphatic carbocycles. The molecule has 0 bridgehead atoms. The number of hydrogen-bond acceptors (Lipinski definition) is 8. The van der Waals surface area contributed by atoms with Gasteiger partial charge >= 0.3 is 12.0 Å². The van der Waals surface area contributed by atoms with Crippen molar-refractivity contribution in [1.82, 2.24) is 15.0 Å². The Bertz CT molecular complexity index is 740. The number of carbonyl (C=O) groups is 1. The minimum atomic E-state index is -0.475. The van der Waals surface area contributed by atoms with Gasteiger partial charge in [-0.05, 0) is 25.0 Å². The molecule has 26 heavy (non-hydrogen) atoms. The molecule has 8 nitrogen and oxygen atoms in total. The van der Waals surface area contributed by atoms with E-state index in [1.165, 1.54) is 20.3 Å². The van der Waals surface area contributed by atoms with Crippen LogP contribution in [0.5, 0.6) is 23.5 Å². The van der Waals surface area contributed by atoms with E-state index in [9.17, 15) is 4.79 Å². The van der Waals surface area contributed by atoms with Gasteiger partial charge in [0.1, 0.15) is 11.3 Å². The molecule has 3 rings (SSSR count). The average Bonchev–Trinajstić information content (AvgIpc) is 2.68. The van der Waals surface area contributed by atoms with Crippen molar-refractivity contribution in [1.29, 1.82) is 0 Å². The first-order valence-electron chi connectivity index (χ1n) is 8.41. The summed E-state index contributed by atoms with van der Waals surface area (Å²) in [5.41, 5.74) is 0.295. The van der Waals surface area contributed by atoms with E-state index in [1.54, 1.807) is 29.3 Å². The molecule has 0 spiro atoms. The number of benzene rings is 1. The number of para-hydroxylation sites is 1. The number of hydroxylamine groups is 2. The standard InChI is InChI=1S/C18H21N3O5/c1-23-15-12-16(24-2)20-18(19-15)25-14-9-5-4-8-13(14)17(22)26-21-10-6-3-7-11-21/h4-5,8-9,12H,3,6-7,10-11H2,1-2H3. The second kappa shape index (κ2) is 8.48. The van der Waals surface area contributed by atoms with Crippen LogP contribution in [-0.2, 0) is 4.84 Å². The van der Waals surface area contributed by atoms with E-state index in [-0.39, 0.29) is 6.01 Å². The highest BCUT2D eigenvalue weighted by atomic mass is 16.7. The Morgan fingerprint density at radius 3 is 2.31 bits per heavy atom. The van der Waals surface area contributed by atoms with Crippen molar-refractivity contribution in [2.24, 2.45) is 0 Å². The van der Waals surface area contributed by atoms with Gasteiger partial charge in [-0.25, -0.2) is 4.79 Å². The highest BCUT2D eigenvalue weighted by molar-refractivity contribution is 5.92. The third-order valence-electron chi connectivity index (χ3n) is 3.91. The summed E-state index contributed by atoms with van der Waals surface area (Å²) in [4.78, 5) is 26.2. The van der Waals surface area contributed by atoms with Crippen LogP contribution in [0.25, 0.3) is 0 Å². The second-order valence-corrected chi connectivity index (χ2v) is 5.70. The number of rotatable bonds is 6. The van der Waals surface area contributed by atoms with E-state index in [0.29, 0.717) is 23.1 Å². The molecule has 1 aliphatic rings. The summed E-state index contributed by atoms with van der Waals surface area (Å²) >= 11 is 0. The maximum absolute atomic E-state index is 12.5. The predicted octanol–water partition coefficient (Wildman–Crippen LogP) is 2.84. The summed E-state index contributed by atoms with van der Waals surface area (Å²) in [5, 5.41) is 1.69. The highest BCUT2D eigenvalue weighted by Crippen LogP contribution is 2.27. The zero-order chi connectivity index (χ0) is 18.4. The minimum absolute atomic E-state index is 0.0134. The van der Waals surface area contributed by atoms with Crippen LogP contribution >= 0.6 is 0 Å². The van der Waals surface area contributed by atoms with Crippen LogP contribution in [0.3, 0.4) is 0 Å². The average molecular weight is 359 g/mol. The Labute approximate surface area is 151 Å². The molecule has 0 amide bonds. The van der Waals surface area contributed by atoms with Crippen molar-refractivity contribution in [2.75, 3.05) is 27.3 Å². The zero-order valence-corrected chi connectivity index (χ0v) is 14.8. The fourth-order valence-corrected chi connectivity index (χ4v) is 2.58.